The molecule has 0 bridgehead atoms. The average molecular weight is 558 g/mol. The van der Waals surface area contributed by atoms with Crippen LogP contribution >= 0.6 is 0 Å². The number of phenols is 1. The third-order valence-electron chi connectivity index (χ3n) is 8.29. The molecule has 41 heavy (non-hydrogen) atoms. The zero-order valence-electron chi connectivity index (χ0n) is 23.1. The van der Waals surface area contributed by atoms with Crippen LogP contribution < -0.4 is 10.6 Å². The van der Waals surface area contributed by atoms with E-state index in [-0.39, 0.29) is 35.3 Å². The molecule has 6 N–H and O–H groups in total. The first-order valence-corrected chi connectivity index (χ1v) is 13.1. The third kappa shape index (κ3) is 4.08. The molecular formula is C31H31N3O7. The SMILES string of the molecule is CN(C)c1cc(C#Cc2ccccc2)c(O)c2c1C[C@H]1C[C@H]3[C@H](N(C)C)C(=O)C(C(N)=O)=C(O)[C@@]3(O)C(=O)C1=C2O. The van der Waals surface area contributed by atoms with Gasteiger partial charge in [-0.15, -0.1) is 0 Å². The van der Waals surface area contributed by atoms with Gasteiger partial charge in [0, 0.05) is 36.8 Å². The Hall–Kier alpha value is -4.59. The highest BCUT2D eigenvalue weighted by Gasteiger charge is 2.64. The number of aromatic hydroxyl groups is 1. The minimum atomic E-state index is -2.69. The maximum atomic E-state index is 14.1. The molecule has 0 saturated heterocycles. The van der Waals surface area contributed by atoms with Crippen LogP contribution in [-0.4, -0.2) is 82.6 Å². The second-order valence-electron chi connectivity index (χ2n) is 11.1. The summed E-state index contributed by atoms with van der Waals surface area (Å²) in [6, 6.07) is 9.72. The van der Waals surface area contributed by atoms with Crippen molar-refractivity contribution in [3.8, 4) is 17.6 Å². The van der Waals surface area contributed by atoms with E-state index >= 15 is 0 Å². The van der Waals surface area contributed by atoms with E-state index in [0.29, 0.717) is 16.8 Å². The summed E-state index contributed by atoms with van der Waals surface area (Å²) in [5.74, 6) is -0.970. The Kier molecular flexibility index (Phi) is 6.68. The number of anilines is 1. The van der Waals surface area contributed by atoms with Crippen LogP contribution in [0.4, 0.5) is 5.69 Å². The van der Waals surface area contributed by atoms with Crippen molar-refractivity contribution in [1.29, 1.82) is 0 Å². The summed E-state index contributed by atoms with van der Waals surface area (Å²) in [6.07, 6.45) is 0.219. The van der Waals surface area contributed by atoms with Crippen LogP contribution in [0, 0.1) is 23.7 Å². The summed E-state index contributed by atoms with van der Waals surface area (Å²) < 4.78 is 0. The minimum Gasteiger partial charge on any atom is -0.508 e. The molecule has 1 fully saturated rings. The Bertz CT molecular complexity index is 1630. The summed E-state index contributed by atoms with van der Waals surface area (Å²) in [7, 11) is 6.73. The van der Waals surface area contributed by atoms with E-state index < -0.39 is 58.0 Å². The van der Waals surface area contributed by atoms with Crippen LogP contribution in [0.5, 0.6) is 5.75 Å². The minimum absolute atomic E-state index is 0.00449. The Morgan fingerprint density at radius 3 is 2.29 bits per heavy atom. The Balaban J connectivity index is 1.73. The second kappa shape index (κ2) is 9.80. The van der Waals surface area contributed by atoms with Crippen molar-refractivity contribution < 1.29 is 34.8 Å². The number of benzene rings is 2. The van der Waals surface area contributed by atoms with E-state index in [4.69, 9.17) is 5.73 Å². The highest BCUT2D eigenvalue weighted by atomic mass is 16.3. The van der Waals surface area contributed by atoms with Crippen molar-refractivity contribution in [1.82, 2.24) is 4.90 Å². The van der Waals surface area contributed by atoms with Gasteiger partial charge in [0.2, 0.25) is 5.78 Å². The van der Waals surface area contributed by atoms with E-state index in [1.54, 1.807) is 34.3 Å². The Labute approximate surface area is 237 Å². The Morgan fingerprint density at radius 2 is 1.71 bits per heavy atom. The van der Waals surface area contributed by atoms with Crippen molar-refractivity contribution in [3.05, 3.63) is 75.6 Å². The van der Waals surface area contributed by atoms with Crippen molar-refractivity contribution in [2.24, 2.45) is 17.6 Å². The third-order valence-corrected chi connectivity index (χ3v) is 8.29. The summed E-state index contributed by atoms with van der Waals surface area (Å²) in [5.41, 5.74) is 3.82. The van der Waals surface area contributed by atoms with Crippen LogP contribution in [-0.2, 0) is 20.8 Å². The van der Waals surface area contributed by atoms with Crippen molar-refractivity contribution in [2.75, 3.05) is 33.1 Å². The molecule has 0 spiro atoms. The molecule has 3 aliphatic carbocycles. The number of Topliss-reactive ketones (excluding diaryl/α,β-unsaturated/α-hetero) is 2. The van der Waals surface area contributed by atoms with Crippen molar-refractivity contribution in [2.45, 2.75) is 24.5 Å². The van der Waals surface area contributed by atoms with Gasteiger partial charge in [-0.05, 0) is 56.6 Å². The molecule has 0 heterocycles. The summed E-state index contributed by atoms with van der Waals surface area (Å²) in [6.45, 7) is 0. The van der Waals surface area contributed by atoms with Gasteiger partial charge in [0.25, 0.3) is 5.91 Å². The zero-order chi connectivity index (χ0) is 30.0. The van der Waals surface area contributed by atoms with Gasteiger partial charge in [0.1, 0.15) is 22.8 Å². The number of hydrogen-bond acceptors (Lipinski definition) is 9. The number of hydrogen-bond donors (Lipinski definition) is 5. The average Bonchev–Trinajstić information content (AvgIpc) is 2.90. The van der Waals surface area contributed by atoms with Crippen LogP contribution in [0.3, 0.4) is 0 Å². The smallest absolute Gasteiger partial charge is 0.255 e. The van der Waals surface area contributed by atoms with E-state index in [0.717, 1.165) is 0 Å². The number of primary amides is 1. The predicted molar refractivity (Wildman–Crippen MR) is 151 cm³/mol. The molecule has 0 aromatic heterocycles. The van der Waals surface area contributed by atoms with E-state index in [1.165, 1.54) is 4.90 Å². The van der Waals surface area contributed by atoms with Crippen LogP contribution in [0.15, 0.2) is 53.3 Å². The lowest BCUT2D eigenvalue weighted by Gasteiger charge is -2.50. The fourth-order valence-corrected chi connectivity index (χ4v) is 6.45. The van der Waals surface area contributed by atoms with E-state index in [2.05, 4.69) is 11.8 Å². The van der Waals surface area contributed by atoms with E-state index in [1.807, 2.05) is 35.2 Å². The van der Waals surface area contributed by atoms with E-state index in [9.17, 15) is 34.8 Å². The standard InChI is InChI=1S/C31H31N3O7/c1-33(2)20-14-16(11-10-15-8-6-5-7-9-15)25(35)22-18(20)12-17-13-19-24(34(3)4)27(37)23(30(32)40)29(39)31(19,41)28(38)21(17)26(22)36/h5-9,14,17,19,24,35-36,39,41H,12-13H2,1-4H3,(H2,32,40)/t17-,19-,24-,31-/m0/s1. The van der Waals surface area contributed by atoms with Crippen LogP contribution in [0.2, 0.25) is 0 Å². The van der Waals surface area contributed by atoms with Gasteiger partial charge < -0.3 is 31.1 Å². The van der Waals surface area contributed by atoms with Crippen molar-refractivity contribution >= 4 is 28.9 Å². The number of carbonyl (C=O) groups is 3. The summed E-state index contributed by atoms with van der Waals surface area (Å²) in [4.78, 5) is 42.7. The lowest BCUT2D eigenvalue weighted by Crippen LogP contribution is -2.65. The molecule has 2 aromatic carbocycles. The lowest BCUT2D eigenvalue weighted by molar-refractivity contribution is -0.153. The molecule has 0 aliphatic heterocycles. The van der Waals surface area contributed by atoms with Crippen LogP contribution in [0.25, 0.3) is 5.76 Å². The first kappa shape index (κ1) is 28.0. The molecule has 10 heteroatoms. The molecule has 1 saturated carbocycles. The number of aliphatic hydroxyl groups excluding tert-OH is 2. The molecule has 212 valence electrons. The number of likely N-dealkylation sites (N-methyl/N-ethyl adjacent to an activating group) is 1. The molecular weight excluding hydrogens is 526 g/mol. The van der Waals surface area contributed by atoms with Crippen molar-refractivity contribution in [3.63, 3.8) is 0 Å². The molecule has 5 rings (SSSR count). The number of aliphatic hydroxyl groups is 3. The van der Waals surface area contributed by atoms with Gasteiger partial charge in [-0.25, -0.2) is 0 Å². The molecule has 0 radical (unpaired) electrons. The van der Waals surface area contributed by atoms with Gasteiger partial charge in [-0.1, -0.05) is 30.0 Å². The molecule has 3 aliphatic rings. The quantitative estimate of drug-likeness (QED) is 0.277. The predicted octanol–water partition coefficient (Wildman–Crippen LogP) is 1.43. The fourth-order valence-electron chi connectivity index (χ4n) is 6.45. The lowest BCUT2D eigenvalue weighted by atomic mass is 9.57. The first-order chi connectivity index (χ1) is 19.3. The zero-order valence-corrected chi connectivity index (χ0v) is 23.1. The van der Waals surface area contributed by atoms with Gasteiger partial charge in [-0.2, -0.15) is 0 Å². The van der Waals surface area contributed by atoms with Gasteiger partial charge in [0.05, 0.1) is 17.2 Å². The Morgan fingerprint density at radius 1 is 1.05 bits per heavy atom. The molecule has 0 unspecified atom stereocenters. The molecule has 10 nitrogen and oxygen atoms in total. The number of amides is 1. The largest absolute Gasteiger partial charge is 0.508 e. The number of carbonyl (C=O) groups excluding carboxylic acids is 3. The summed E-state index contributed by atoms with van der Waals surface area (Å²) in [5, 5.41) is 45.7. The number of ketones is 2. The normalized spacial score (nSPS) is 25.3. The molecule has 1 amide bonds. The number of fused-ring (bicyclic) bond motifs is 3. The molecule has 4 atom stereocenters. The highest BCUT2D eigenvalue weighted by molar-refractivity contribution is 6.24. The highest BCUT2D eigenvalue weighted by Crippen LogP contribution is 2.54. The fraction of sp³-hybridized carbons (Fsp3) is 0.323. The monoisotopic (exact) mass is 557 g/mol. The van der Waals surface area contributed by atoms with Crippen LogP contribution in [0.1, 0.15) is 28.7 Å². The summed E-state index contributed by atoms with van der Waals surface area (Å²) >= 11 is 0. The maximum Gasteiger partial charge on any atom is 0.255 e. The van der Waals surface area contributed by atoms with Gasteiger partial charge in [0.15, 0.2) is 11.4 Å². The maximum absolute atomic E-state index is 14.1. The second-order valence-corrected chi connectivity index (χ2v) is 11.1. The van der Waals surface area contributed by atoms with Gasteiger partial charge in [-0.3, -0.25) is 19.3 Å². The number of nitrogens with zero attached hydrogens (tertiary/aromatic N) is 2. The topological polar surface area (TPSA) is 165 Å². The van der Waals surface area contributed by atoms with Gasteiger partial charge >= 0.3 is 0 Å². The molecule has 2 aromatic rings. The first-order valence-electron chi connectivity index (χ1n) is 13.1. The number of rotatable bonds is 3. The number of nitrogens with two attached hydrogens (primary N) is 1. The number of phenolic OH excluding ortho intramolecular Hbond substituents is 1.